The minimum atomic E-state index is -5.07. The molecule has 3 atom stereocenters. The van der Waals surface area contributed by atoms with Crippen LogP contribution in [0.15, 0.2) is 0 Å². The van der Waals surface area contributed by atoms with Crippen LogP contribution in [0.5, 0.6) is 0 Å². The molecule has 0 saturated heterocycles. The fourth-order valence-electron chi connectivity index (χ4n) is 2.83. The summed E-state index contributed by atoms with van der Waals surface area (Å²) < 4.78 is 41.7. The monoisotopic (exact) mass is 474 g/mol. The number of hydrogen-bond donors (Lipinski definition) is 1. The molecule has 0 aliphatic carbocycles. The molecule has 0 aromatic heterocycles. The van der Waals surface area contributed by atoms with Crippen molar-refractivity contribution >= 4 is 63.6 Å². The van der Waals surface area contributed by atoms with Gasteiger partial charge < -0.3 is 9.47 Å². The average Bonchev–Trinajstić information content (AvgIpc) is 2.66. The molecule has 0 saturated carbocycles. The van der Waals surface area contributed by atoms with Gasteiger partial charge in [-0.15, -0.1) is 0 Å². The predicted molar refractivity (Wildman–Crippen MR) is 116 cm³/mol. The molecule has 3 unspecified atom stereocenters. The predicted octanol–water partition coefficient (Wildman–Crippen LogP) is 2.56. The molecule has 0 aromatic carbocycles. The molecule has 0 rings (SSSR count). The second kappa shape index (κ2) is 16.8. The summed E-state index contributed by atoms with van der Waals surface area (Å²) >= 11 is 0. The van der Waals surface area contributed by atoms with Crippen molar-refractivity contribution < 1.29 is 41.6 Å². The molecule has 0 amide bonds. The standard InChI is InChI=1S/C20H34O9S.Na.H/c1-5-9-11-14(7-3)18(22)28-17(21)13-16(30(25,26)27)20(24)29-19(23)15(8-4)12-10-6-2;;/h14-16H,5-13H2,1-4H3,(H,25,26,27);;. The molecular weight excluding hydrogens is 439 g/mol. The van der Waals surface area contributed by atoms with E-state index in [1.807, 2.05) is 13.8 Å². The molecule has 0 aromatic rings. The van der Waals surface area contributed by atoms with Gasteiger partial charge in [0.05, 0.1) is 18.3 Å². The van der Waals surface area contributed by atoms with E-state index in [4.69, 9.17) is 0 Å². The van der Waals surface area contributed by atoms with Gasteiger partial charge in [-0.1, -0.05) is 53.4 Å². The Labute approximate surface area is 207 Å². The first-order valence-corrected chi connectivity index (χ1v) is 12.0. The van der Waals surface area contributed by atoms with Crippen LogP contribution in [-0.2, 0) is 38.8 Å². The fourth-order valence-corrected chi connectivity index (χ4v) is 3.46. The third-order valence-corrected chi connectivity index (χ3v) is 5.93. The third-order valence-electron chi connectivity index (χ3n) is 4.85. The number of unbranched alkanes of at least 4 members (excludes halogenated alkanes) is 2. The molecule has 0 radical (unpaired) electrons. The summed E-state index contributed by atoms with van der Waals surface area (Å²) in [5.41, 5.74) is 0. The molecule has 9 nitrogen and oxygen atoms in total. The molecule has 1 N–H and O–H groups in total. The Morgan fingerprint density at radius 1 is 0.774 bits per heavy atom. The summed E-state index contributed by atoms with van der Waals surface area (Å²) in [7, 11) is -5.07. The first kappa shape index (κ1) is 32.4. The Bertz CT molecular complexity index is 691. The summed E-state index contributed by atoms with van der Waals surface area (Å²) in [6, 6.07) is 0. The molecule has 0 aliphatic heterocycles. The topological polar surface area (TPSA) is 141 Å². The Balaban J connectivity index is 0. The molecular formula is C20H35NaO9S. The minimum absolute atomic E-state index is 0. The zero-order valence-electron chi connectivity index (χ0n) is 18.2. The first-order chi connectivity index (χ1) is 14.0. The van der Waals surface area contributed by atoms with E-state index in [0.29, 0.717) is 32.1 Å². The number of rotatable bonds is 14. The van der Waals surface area contributed by atoms with Crippen molar-refractivity contribution in [3.63, 3.8) is 0 Å². The van der Waals surface area contributed by atoms with E-state index >= 15 is 0 Å². The van der Waals surface area contributed by atoms with Crippen molar-refractivity contribution in [1.29, 1.82) is 0 Å². The number of hydrogen-bond acceptors (Lipinski definition) is 8. The van der Waals surface area contributed by atoms with E-state index in [0.717, 1.165) is 19.3 Å². The zero-order chi connectivity index (χ0) is 23.3. The van der Waals surface area contributed by atoms with Crippen LogP contribution in [0, 0.1) is 11.8 Å². The molecule has 0 spiro atoms. The molecule has 176 valence electrons. The molecule has 0 bridgehead atoms. The van der Waals surface area contributed by atoms with Crippen LogP contribution in [0.2, 0.25) is 0 Å². The summed E-state index contributed by atoms with van der Waals surface area (Å²) in [5.74, 6) is -5.73. The van der Waals surface area contributed by atoms with E-state index < -0.39 is 57.5 Å². The van der Waals surface area contributed by atoms with Crippen LogP contribution in [-0.4, -0.2) is 71.7 Å². The Hall–Kier alpha value is -0.810. The van der Waals surface area contributed by atoms with Crippen molar-refractivity contribution in [3.8, 4) is 0 Å². The van der Waals surface area contributed by atoms with Gasteiger partial charge >= 0.3 is 53.4 Å². The first-order valence-electron chi connectivity index (χ1n) is 10.5. The number of carbonyl (C=O) groups is 4. The molecule has 0 fully saturated rings. The Morgan fingerprint density at radius 2 is 1.19 bits per heavy atom. The van der Waals surface area contributed by atoms with Gasteiger partial charge in [-0.25, -0.2) is 0 Å². The van der Waals surface area contributed by atoms with Gasteiger partial charge in [0.25, 0.3) is 10.1 Å². The van der Waals surface area contributed by atoms with E-state index in [2.05, 4.69) is 9.47 Å². The van der Waals surface area contributed by atoms with E-state index in [1.54, 1.807) is 13.8 Å². The molecule has 31 heavy (non-hydrogen) atoms. The second-order valence-corrected chi connectivity index (χ2v) is 8.83. The van der Waals surface area contributed by atoms with Gasteiger partial charge in [0, 0.05) is 0 Å². The van der Waals surface area contributed by atoms with E-state index in [9.17, 15) is 32.1 Å². The van der Waals surface area contributed by atoms with Gasteiger partial charge in [0.1, 0.15) is 0 Å². The maximum atomic E-state index is 12.2. The van der Waals surface area contributed by atoms with Crippen molar-refractivity contribution in [1.82, 2.24) is 0 Å². The number of carbonyl (C=O) groups excluding carboxylic acids is 4. The van der Waals surface area contributed by atoms with Gasteiger partial charge in [0.2, 0.25) is 0 Å². The van der Waals surface area contributed by atoms with Crippen LogP contribution in [0.1, 0.15) is 85.5 Å². The quantitative estimate of drug-likeness (QED) is 0.174. The average molecular weight is 475 g/mol. The van der Waals surface area contributed by atoms with Crippen LogP contribution >= 0.6 is 0 Å². The van der Waals surface area contributed by atoms with Crippen molar-refractivity contribution in [3.05, 3.63) is 0 Å². The number of esters is 4. The van der Waals surface area contributed by atoms with Gasteiger partial charge in [-0.3, -0.25) is 23.7 Å². The van der Waals surface area contributed by atoms with E-state index in [-0.39, 0.29) is 29.6 Å². The van der Waals surface area contributed by atoms with Gasteiger partial charge in [-0.05, 0) is 25.7 Å². The van der Waals surface area contributed by atoms with Crippen LogP contribution < -0.4 is 0 Å². The van der Waals surface area contributed by atoms with E-state index in [1.165, 1.54) is 0 Å². The molecule has 11 heteroatoms. The third kappa shape index (κ3) is 12.7. The second-order valence-electron chi connectivity index (χ2n) is 7.24. The summed E-state index contributed by atoms with van der Waals surface area (Å²) in [4.78, 5) is 48.4. The van der Waals surface area contributed by atoms with Crippen LogP contribution in [0.25, 0.3) is 0 Å². The number of ether oxygens (including phenoxy) is 2. The van der Waals surface area contributed by atoms with Crippen LogP contribution in [0.4, 0.5) is 0 Å². The Morgan fingerprint density at radius 3 is 1.55 bits per heavy atom. The Kier molecular flexibility index (Phi) is 17.5. The molecule has 0 aliphatic rings. The SMILES string of the molecule is CCCCC(CC)C(=O)OC(=O)CC(C(=O)OC(=O)C(CC)CCCC)S(=O)(=O)O.[NaH]. The fraction of sp³-hybridized carbons (Fsp3) is 0.800. The van der Waals surface area contributed by atoms with Crippen molar-refractivity contribution in [2.24, 2.45) is 11.8 Å². The summed E-state index contributed by atoms with van der Waals surface area (Å²) in [6.07, 6.45) is 3.79. The van der Waals surface area contributed by atoms with Crippen LogP contribution in [0.3, 0.4) is 0 Å². The summed E-state index contributed by atoms with van der Waals surface area (Å²) in [5, 5.41) is -2.35. The molecule has 0 heterocycles. The zero-order valence-corrected chi connectivity index (χ0v) is 19.0. The van der Waals surface area contributed by atoms with Crippen molar-refractivity contribution in [2.75, 3.05) is 0 Å². The maximum absolute atomic E-state index is 12.2. The van der Waals surface area contributed by atoms with Gasteiger partial charge in [-0.2, -0.15) is 8.42 Å². The van der Waals surface area contributed by atoms with Crippen molar-refractivity contribution in [2.45, 2.75) is 90.7 Å². The normalized spacial score (nSPS) is 14.0. The van der Waals surface area contributed by atoms with Gasteiger partial charge in [0.15, 0.2) is 5.25 Å². The summed E-state index contributed by atoms with van der Waals surface area (Å²) in [6.45, 7) is 7.34.